The van der Waals surface area contributed by atoms with Crippen LogP contribution in [0.4, 0.5) is 0 Å². The van der Waals surface area contributed by atoms with Gasteiger partial charge in [-0.15, -0.1) is 0 Å². The Bertz CT molecular complexity index is 212. The monoisotopic (exact) mass is 224 g/mol. The second-order valence-corrected chi connectivity index (χ2v) is 4.90. The van der Waals surface area contributed by atoms with Gasteiger partial charge in [-0.2, -0.15) is 0 Å². The molecule has 4 heteroatoms. The minimum atomic E-state index is -0.376. The van der Waals surface area contributed by atoms with Gasteiger partial charge in [0.05, 0.1) is 0 Å². The Morgan fingerprint density at radius 1 is 1.31 bits per heavy atom. The molecule has 0 N–H and O–H groups in total. The smallest absolute Gasteiger partial charge is 0.224 e. The topological polar surface area (TPSA) is 34.1 Å². The quantitative estimate of drug-likeness (QED) is 0.674. The van der Waals surface area contributed by atoms with E-state index in [1.807, 2.05) is 13.8 Å². The molecule has 0 spiro atoms. The summed E-state index contributed by atoms with van der Waals surface area (Å²) in [6, 6.07) is 0. The maximum atomic E-state index is 10.8. The molecule has 0 heterocycles. The highest BCUT2D eigenvalue weighted by Gasteiger charge is 2.26. The van der Waals surface area contributed by atoms with Crippen molar-refractivity contribution in [3.05, 3.63) is 0 Å². The second kappa shape index (κ2) is 4.97. The van der Waals surface area contributed by atoms with Crippen LogP contribution >= 0.6 is 23.2 Å². The molecule has 0 saturated carbocycles. The Balaban J connectivity index is 4.16. The average molecular weight is 225 g/mol. The number of carbonyl (C=O) groups is 2. The number of halogens is 2. The Morgan fingerprint density at radius 3 is 2.08 bits per heavy atom. The largest absolute Gasteiger partial charge is 0.281 e. The molecule has 0 amide bonds. The van der Waals surface area contributed by atoms with Crippen molar-refractivity contribution in [2.75, 3.05) is 0 Å². The summed E-state index contributed by atoms with van der Waals surface area (Å²) >= 11 is 10.6. The third-order valence-electron chi connectivity index (χ3n) is 1.86. The lowest BCUT2D eigenvalue weighted by Crippen LogP contribution is -2.20. The molecule has 0 bridgehead atoms. The molecule has 0 fully saturated rings. The van der Waals surface area contributed by atoms with E-state index in [9.17, 15) is 9.59 Å². The predicted octanol–water partition coefficient (Wildman–Crippen LogP) is 2.96. The fourth-order valence-electron chi connectivity index (χ4n) is 1.36. The molecule has 0 saturated heterocycles. The molecule has 2 nitrogen and oxygen atoms in total. The van der Waals surface area contributed by atoms with Crippen molar-refractivity contribution in [2.24, 2.45) is 11.3 Å². The van der Waals surface area contributed by atoms with E-state index in [2.05, 4.69) is 0 Å². The maximum Gasteiger partial charge on any atom is 0.224 e. The van der Waals surface area contributed by atoms with E-state index in [-0.39, 0.29) is 28.2 Å². The zero-order valence-electron chi connectivity index (χ0n) is 8.06. The standard InChI is InChI=1S/C9H14Cl2O2/c1-6(8(11)13)4-9(2,3)5-7(10)12/h6H,4-5H2,1-3H3/t6-/m1/s1. The molecule has 0 aliphatic rings. The van der Waals surface area contributed by atoms with E-state index in [4.69, 9.17) is 23.2 Å². The van der Waals surface area contributed by atoms with Crippen molar-refractivity contribution in [1.29, 1.82) is 0 Å². The van der Waals surface area contributed by atoms with Crippen molar-refractivity contribution in [3.8, 4) is 0 Å². The Labute approximate surface area is 88.6 Å². The van der Waals surface area contributed by atoms with E-state index < -0.39 is 0 Å². The van der Waals surface area contributed by atoms with E-state index >= 15 is 0 Å². The zero-order chi connectivity index (χ0) is 10.6. The van der Waals surface area contributed by atoms with Crippen molar-refractivity contribution >= 4 is 33.7 Å². The third kappa shape index (κ3) is 6.05. The molecular formula is C9H14Cl2O2. The van der Waals surface area contributed by atoms with Gasteiger partial charge >= 0.3 is 0 Å². The van der Waals surface area contributed by atoms with Gasteiger partial charge in [0.15, 0.2) is 0 Å². The van der Waals surface area contributed by atoms with Crippen LogP contribution in [0.5, 0.6) is 0 Å². The maximum absolute atomic E-state index is 10.8. The first-order valence-electron chi connectivity index (χ1n) is 4.12. The fraction of sp³-hybridized carbons (Fsp3) is 0.778. The van der Waals surface area contributed by atoms with Crippen LogP contribution in [-0.2, 0) is 9.59 Å². The van der Waals surface area contributed by atoms with Crippen molar-refractivity contribution in [1.82, 2.24) is 0 Å². The Morgan fingerprint density at radius 2 is 1.77 bits per heavy atom. The predicted molar refractivity (Wildman–Crippen MR) is 53.9 cm³/mol. The lowest BCUT2D eigenvalue weighted by atomic mass is 9.81. The van der Waals surface area contributed by atoms with Gasteiger partial charge in [-0.25, -0.2) is 0 Å². The number of hydrogen-bond acceptors (Lipinski definition) is 2. The average Bonchev–Trinajstić information content (AvgIpc) is 1.81. The summed E-state index contributed by atoms with van der Waals surface area (Å²) < 4.78 is 0. The van der Waals surface area contributed by atoms with Crippen LogP contribution in [0.25, 0.3) is 0 Å². The lowest BCUT2D eigenvalue weighted by molar-refractivity contribution is -0.117. The van der Waals surface area contributed by atoms with E-state index in [1.54, 1.807) is 6.92 Å². The van der Waals surface area contributed by atoms with Crippen molar-refractivity contribution in [3.63, 3.8) is 0 Å². The Kier molecular flexibility index (Phi) is 4.93. The molecule has 0 aromatic carbocycles. The van der Waals surface area contributed by atoms with Gasteiger partial charge in [0, 0.05) is 12.3 Å². The SMILES string of the molecule is C[C@H](CC(C)(C)CC(=O)Cl)C(=O)Cl. The van der Waals surface area contributed by atoms with Crippen LogP contribution in [0.3, 0.4) is 0 Å². The van der Waals surface area contributed by atoms with Gasteiger partial charge < -0.3 is 0 Å². The van der Waals surface area contributed by atoms with Crippen LogP contribution < -0.4 is 0 Å². The van der Waals surface area contributed by atoms with Crippen LogP contribution in [0.2, 0.25) is 0 Å². The molecule has 0 aromatic heterocycles. The second-order valence-electron chi connectivity index (χ2n) is 4.11. The highest BCUT2D eigenvalue weighted by Crippen LogP contribution is 2.30. The zero-order valence-corrected chi connectivity index (χ0v) is 9.58. The van der Waals surface area contributed by atoms with Crippen LogP contribution in [0.15, 0.2) is 0 Å². The lowest BCUT2D eigenvalue weighted by Gasteiger charge is -2.24. The fourth-order valence-corrected chi connectivity index (χ4v) is 1.80. The van der Waals surface area contributed by atoms with E-state index in [0.29, 0.717) is 6.42 Å². The number of rotatable bonds is 5. The molecule has 13 heavy (non-hydrogen) atoms. The highest BCUT2D eigenvalue weighted by molar-refractivity contribution is 6.64. The minimum absolute atomic E-state index is 0.229. The summed E-state index contributed by atoms with van der Waals surface area (Å²) in [5.74, 6) is -0.229. The summed E-state index contributed by atoms with van der Waals surface area (Å²) in [5.41, 5.74) is -0.261. The highest BCUT2D eigenvalue weighted by atomic mass is 35.5. The first kappa shape index (κ1) is 12.9. The number of carbonyl (C=O) groups excluding carboxylic acids is 2. The van der Waals surface area contributed by atoms with Gasteiger partial charge in [-0.1, -0.05) is 20.8 Å². The molecule has 76 valence electrons. The first-order valence-corrected chi connectivity index (χ1v) is 4.88. The summed E-state index contributed by atoms with van der Waals surface area (Å²) in [6.07, 6.45) is 0.844. The molecule has 0 aliphatic carbocycles. The Hall–Kier alpha value is -0.0800. The molecule has 0 rings (SSSR count). The molecule has 1 atom stereocenters. The van der Waals surface area contributed by atoms with E-state index in [0.717, 1.165) is 0 Å². The normalized spacial score (nSPS) is 13.9. The summed E-state index contributed by atoms with van der Waals surface area (Å²) in [4.78, 5) is 21.4. The van der Waals surface area contributed by atoms with Gasteiger partial charge in [0.1, 0.15) is 0 Å². The number of hydrogen-bond donors (Lipinski definition) is 0. The van der Waals surface area contributed by atoms with Crippen LogP contribution in [-0.4, -0.2) is 10.5 Å². The van der Waals surface area contributed by atoms with Gasteiger partial charge in [0.25, 0.3) is 0 Å². The summed E-state index contributed by atoms with van der Waals surface area (Å²) in [5, 5.41) is -0.741. The van der Waals surface area contributed by atoms with Crippen LogP contribution in [0, 0.1) is 11.3 Å². The molecule has 0 aromatic rings. The summed E-state index contributed by atoms with van der Waals surface area (Å²) in [6.45, 7) is 5.53. The third-order valence-corrected chi connectivity index (χ3v) is 2.37. The van der Waals surface area contributed by atoms with E-state index in [1.165, 1.54) is 0 Å². The van der Waals surface area contributed by atoms with Crippen LogP contribution in [0.1, 0.15) is 33.6 Å². The van der Waals surface area contributed by atoms with Gasteiger partial charge in [0.2, 0.25) is 10.5 Å². The first-order chi connectivity index (χ1) is 5.74. The van der Waals surface area contributed by atoms with Gasteiger partial charge in [-0.05, 0) is 35.0 Å². The molecule has 0 aliphatic heterocycles. The summed E-state index contributed by atoms with van der Waals surface area (Å²) in [7, 11) is 0. The van der Waals surface area contributed by atoms with Gasteiger partial charge in [-0.3, -0.25) is 9.59 Å². The minimum Gasteiger partial charge on any atom is -0.281 e. The molecular weight excluding hydrogens is 211 g/mol. The van der Waals surface area contributed by atoms with Crippen molar-refractivity contribution in [2.45, 2.75) is 33.6 Å². The molecule has 0 radical (unpaired) electrons. The van der Waals surface area contributed by atoms with Crippen molar-refractivity contribution < 1.29 is 9.59 Å². The molecule has 0 unspecified atom stereocenters.